The van der Waals surface area contributed by atoms with E-state index >= 15 is 0 Å². The lowest BCUT2D eigenvalue weighted by atomic mass is 9.74. The summed E-state index contributed by atoms with van der Waals surface area (Å²) >= 11 is 0. The number of carbonyl (C=O) groups is 4. The Morgan fingerprint density at radius 2 is 1.03 bits per heavy atom. The predicted molar refractivity (Wildman–Crippen MR) is 151 cm³/mol. The molecule has 2 aliphatic heterocycles. The number of carbonyl (C=O) groups excluding carboxylic acids is 4. The fraction of sp³-hybridized carbons (Fsp3) is 0.212. The molecule has 0 unspecified atom stereocenters. The van der Waals surface area contributed by atoms with Crippen LogP contribution in [0, 0.1) is 0 Å². The number of anilines is 2. The largest absolute Gasteiger partial charge is 0.269 e. The van der Waals surface area contributed by atoms with Gasteiger partial charge in [0.2, 0.25) is 0 Å². The first-order valence-corrected chi connectivity index (χ1v) is 12.9. The monoisotopic (exact) mass is 518 g/mol. The standard InChI is InChI=1S/C33H30N2O4/c1-21-19-30(38)35(31(21)39)26-15-13-24(14-16-26)32(2,3)22-9-11-23(12-10-22)33(4,5)25-7-6-8-27(20-25)34-28(36)17-18-29(34)37/h6-20H,1-5H3. The Morgan fingerprint density at radius 3 is 1.51 bits per heavy atom. The molecule has 5 rings (SSSR count). The van der Waals surface area contributed by atoms with Crippen LogP contribution in [0.15, 0.2) is 96.6 Å². The number of amides is 4. The van der Waals surface area contributed by atoms with E-state index in [-0.39, 0.29) is 34.5 Å². The molecular formula is C33H30N2O4. The van der Waals surface area contributed by atoms with E-state index in [0.717, 1.165) is 22.3 Å². The Kier molecular flexibility index (Phi) is 6.22. The smallest absolute Gasteiger partial charge is 0.261 e. The van der Waals surface area contributed by atoms with Gasteiger partial charge in [-0.05, 0) is 53.4 Å². The summed E-state index contributed by atoms with van der Waals surface area (Å²) in [6, 6.07) is 23.6. The van der Waals surface area contributed by atoms with Crippen molar-refractivity contribution in [1.29, 1.82) is 0 Å². The van der Waals surface area contributed by atoms with E-state index in [0.29, 0.717) is 16.9 Å². The molecule has 4 amide bonds. The zero-order chi connectivity index (χ0) is 28.1. The molecule has 0 spiro atoms. The van der Waals surface area contributed by atoms with Crippen molar-refractivity contribution in [1.82, 2.24) is 0 Å². The van der Waals surface area contributed by atoms with Crippen molar-refractivity contribution >= 4 is 35.0 Å². The van der Waals surface area contributed by atoms with Gasteiger partial charge < -0.3 is 0 Å². The molecule has 3 aromatic rings. The maximum Gasteiger partial charge on any atom is 0.261 e. The summed E-state index contributed by atoms with van der Waals surface area (Å²) < 4.78 is 0. The summed E-state index contributed by atoms with van der Waals surface area (Å²) in [5.74, 6) is -1.27. The van der Waals surface area contributed by atoms with E-state index in [1.54, 1.807) is 13.0 Å². The first-order valence-electron chi connectivity index (χ1n) is 12.9. The topological polar surface area (TPSA) is 74.8 Å². The molecule has 2 aliphatic rings. The average Bonchev–Trinajstić information content (AvgIpc) is 3.39. The number of hydrogen-bond donors (Lipinski definition) is 0. The van der Waals surface area contributed by atoms with Gasteiger partial charge in [0, 0.05) is 34.6 Å². The Hall–Kier alpha value is -4.58. The minimum Gasteiger partial charge on any atom is -0.269 e. The van der Waals surface area contributed by atoms with Crippen molar-refractivity contribution in [3.05, 3.63) is 119 Å². The molecule has 0 fully saturated rings. The summed E-state index contributed by atoms with van der Waals surface area (Å²) in [5.41, 5.74) is 5.13. The minimum atomic E-state index is -0.374. The molecule has 0 atom stereocenters. The van der Waals surface area contributed by atoms with E-state index in [9.17, 15) is 19.2 Å². The van der Waals surface area contributed by atoms with Gasteiger partial charge in [0.25, 0.3) is 23.6 Å². The molecule has 196 valence electrons. The van der Waals surface area contributed by atoms with E-state index in [1.165, 1.54) is 28.0 Å². The Bertz CT molecular complexity index is 1560. The molecular weight excluding hydrogens is 488 g/mol. The molecule has 0 aromatic heterocycles. The molecule has 0 N–H and O–H groups in total. The van der Waals surface area contributed by atoms with Gasteiger partial charge in [-0.2, -0.15) is 0 Å². The highest BCUT2D eigenvalue weighted by atomic mass is 16.2. The van der Waals surface area contributed by atoms with Crippen LogP contribution in [0.4, 0.5) is 11.4 Å². The van der Waals surface area contributed by atoms with Crippen molar-refractivity contribution in [2.24, 2.45) is 0 Å². The number of hydrogen-bond acceptors (Lipinski definition) is 4. The van der Waals surface area contributed by atoms with Gasteiger partial charge in [-0.15, -0.1) is 0 Å². The molecule has 0 saturated heterocycles. The Labute approximate surface area is 228 Å². The summed E-state index contributed by atoms with van der Waals surface area (Å²) in [5, 5.41) is 0. The van der Waals surface area contributed by atoms with E-state index < -0.39 is 0 Å². The fourth-order valence-corrected chi connectivity index (χ4v) is 5.18. The highest BCUT2D eigenvalue weighted by molar-refractivity contribution is 6.30. The zero-order valence-corrected chi connectivity index (χ0v) is 22.7. The van der Waals surface area contributed by atoms with Gasteiger partial charge in [-0.3, -0.25) is 19.2 Å². The third kappa shape index (κ3) is 4.42. The van der Waals surface area contributed by atoms with Crippen molar-refractivity contribution < 1.29 is 19.2 Å². The average molecular weight is 519 g/mol. The number of rotatable bonds is 6. The SMILES string of the molecule is CC1=CC(=O)N(c2ccc(C(C)(C)c3ccc(C(C)(C)c4cccc(N5C(=O)C=CC5=O)c4)cc3)cc2)C1=O. The lowest BCUT2D eigenvalue weighted by Gasteiger charge is -2.30. The highest BCUT2D eigenvalue weighted by Crippen LogP contribution is 2.37. The van der Waals surface area contributed by atoms with Crippen LogP contribution in [-0.2, 0) is 30.0 Å². The van der Waals surface area contributed by atoms with Gasteiger partial charge in [0.05, 0.1) is 11.4 Å². The molecule has 0 saturated carbocycles. The maximum absolute atomic E-state index is 12.4. The van der Waals surface area contributed by atoms with Crippen LogP contribution in [0.25, 0.3) is 0 Å². The van der Waals surface area contributed by atoms with E-state index in [1.807, 2.05) is 42.5 Å². The molecule has 3 aromatic carbocycles. The summed E-state index contributed by atoms with van der Waals surface area (Å²) in [6.07, 6.45) is 3.94. The lowest BCUT2D eigenvalue weighted by Crippen LogP contribution is -2.30. The fourth-order valence-electron chi connectivity index (χ4n) is 5.18. The van der Waals surface area contributed by atoms with Crippen LogP contribution in [0.1, 0.15) is 56.9 Å². The van der Waals surface area contributed by atoms with Crippen LogP contribution in [0.5, 0.6) is 0 Å². The van der Waals surface area contributed by atoms with E-state index in [2.05, 4.69) is 52.0 Å². The van der Waals surface area contributed by atoms with Crippen LogP contribution in [0.3, 0.4) is 0 Å². The third-order valence-electron chi connectivity index (χ3n) is 7.91. The van der Waals surface area contributed by atoms with Crippen LogP contribution in [0.2, 0.25) is 0 Å². The van der Waals surface area contributed by atoms with Crippen LogP contribution in [-0.4, -0.2) is 23.6 Å². The number of nitrogens with zero attached hydrogens (tertiary/aromatic N) is 2. The van der Waals surface area contributed by atoms with Gasteiger partial charge in [0.15, 0.2) is 0 Å². The summed E-state index contributed by atoms with van der Waals surface area (Å²) in [7, 11) is 0. The van der Waals surface area contributed by atoms with Crippen molar-refractivity contribution in [2.45, 2.75) is 45.4 Å². The third-order valence-corrected chi connectivity index (χ3v) is 7.91. The molecule has 0 bridgehead atoms. The molecule has 6 heteroatoms. The van der Waals surface area contributed by atoms with E-state index in [4.69, 9.17) is 0 Å². The van der Waals surface area contributed by atoms with Crippen LogP contribution >= 0.6 is 0 Å². The minimum absolute atomic E-state index is 0.286. The number of benzene rings is 3. The quantitative estimate of drug-likeness (QED) is 0.399. The van der Waals surface area contributed by atoms with Gasteiger partial charge in [-0.1, -0.05) is 76.2 Å². The number of imide groups is 2. The zero-order valence-electron chi connectivity index (χ0n) is 22.7. The Balaban J connectivity index is 1.38. The molecule has 39 heavy (non-hydrogen) atoms. The first kappa shape index (κ1) is 26.0. The second kappa shape index (κ2) is 9.31. The second-order valence-electron chi connectivity index (χ2n) is 11.1. The predicted octanol–water partition coefficient (Wildman–Crippen LogP) is 5.59. The van der Waals surface area contributed by atoms with Gasteiger partial charge in [-0.25, -0.2) is 9.80 Å². The molecule has 0 aliphatic carbocycles. The highest BCUT2D eigenvalue weighted by Gasteiger charge is 2.32. The summed E-state index contributed by atoms with van der Waals surface area (Å²) in [6.45, 7) is 10.2. The van der Waals surface area contributed by atoms with Crippen molar-refractivity contribution in [3.8, 4) is 0 Å². The maximum atomic E-state index is 12.4. The van der Waals surface area contributed by atoms with Crippen molar-refractivity contribution in [2.75, 3.05) is 9.80 Å². The molecule has 0 radical (unpaired) electrons. The second-order valence-corrected chi connectivity index (χ2v) is 11.1. The van der Waals surface area contributed by atoms with Crippen LogP contribution < -0.4 is 9.80 Å². The summed E-state index contributed by atoms with van der Waals surface area (Å²) in [4.78, 5) is 51.3. The normalized spacial score (nSPS) is 16.0. The first-order chi connectivity index (χ1) is 18.4. The van der Waals surface area contributed by atoms with Gasteiger partial charge >= 0.3 is 0 Å². The molecule has 6 nitrogen and oxygen atoms in total. The van der Waals surface area contributed by atoms with Crippen molar-refractivity contribution in [3.63, 3.8) is 0 Å². The Morgan fingerprint density at radius 1 is 0.538 bits per heavy atom. The molecule has 2 heterocycles. The lowest BCUT2D eigenvalue weighted by molar-refractivity contribution is -0.121. The van der Waals surface area contributed by atoms with Gasteiger partial charge in [0.1, 0.15) is 0 Å².